The first-order valence-corrected chi connectivity index (χ1v) is 8.87. The Bertz CT molecular complexity index is 580. The maximum Gasteiger partial charge on any atom is 0.219 e. The minimum atomic E-state index is 0.175. The van der Waals surface area contributed by atoms with Gasteiger partial charge in [0.25, 0.3) is 0 Å². The van der Waals surface area contributed by atoms with E-state index < -0.39 is 0 Å². The number of aryl methyl sites for hydroxylation is 1. The van der Waals surface area contributed by atoms with Gasteiger partial charge in [0.2, 0.25) is 5.91 Å². The third-order valence-corrected chi connectivity index (χ3v) is 4.65. The summed E-state index contributed by atoms with van der Waals surface area (Å²) in [5, 5.41) is 4.17. The van der Waals surface area contributed by atoms with Crippen LogP contribution in [0.1, 0.15) is 51.5 Å². The van der Waals surface area contributed by atoms with Gasteiger partial charge in [0.05, 0.1) is 15.2 Å². The molecule has 1 aromatic heterocycles. The van der Waals surface area contributed by atoms with Crippen molar-refractivity contribution in [1.29, 1.82) is 0 Å². The lowest BCUT2D eigenvalue weighted by molar-refractivity contribution is -0.121. The number of rotatable bonds is 7. The highest BCUT2D eigenvalue weighted by molar-refractivity contribution is 7.18. The highest BCUT2D eigenvalue weighted by Gasteiger charge is 2.11. The molecule has 120 valence electrons. The number of aromatic nitrogens is 1. The predicted octanol–water partition coefficient (Wildman–Crippen LogP) is 4.56. The fourth-order valence-electron chi connectivity index (χ4n) is 2.36. The van der Waals surface area contributed by atoms with E-state index in [-0.39, 0.29) is 5.91 Å². The summed E-state index contributed by atoms with van der Waals surface area (Å²) >= 11 is 1.75. The van der Waals surface area contributed by atoms with Gasteiger partial charge in [-0.15, -0.1) is 11.3 Å². The third-order valence-electron chi connectivity index (χ3n) is 3.56. The quantitative estimate of drug-likeness (QED) is 0.760. The van der Waals surface area contributed by atoms with Gasteiger partial charge in [-0.3, -0.25) is 4.79 Å². The Hall–Kier alpha value is -1.42. The van der Waals surface area contributed by atoms with E-state index in [1.165, 1.54) is 4.70 Å². The summed E-state index contributed by atoms with van der Waals surface area (Å²) in [7, 11) is 0. The minimum absolute atomic E-state index is 0.175. The van der Waals surface area contributed by atoms with Gasteiger partial charge in [-0.25, -0.2) is 4.98 Å². The molecule has 0 fully saturated rings. The molecule has 0 unspecified atom stereocenters. The maximum atomic E-state index is 11.8. The van der Waals surface area contributed by atoms with Gasteiger partial charge >= 0.3 is 0 Å². The van der Waals surface area contributed by atoms with E-state index in [2.05, 4.69) is 37.1 Å². The number of hydrogen-bond donors (Lipinski definition) is 1. The van der Waals surface area contributed by atoms with Gasteiger partial charge in [0.1, 0.15) is 0 Å². The van der Waals surface area contributed by atoms with Gasteiger partial charge in [-0.1, -0.05) is 32.9 Å². The van der Waals surface area contributed by atoms with E-state index in [9.17, 15) is 4.79 Å². The smallest absolute Gasteiger partial charge is 0.219 e. The molecule has 1 amide bonds. The summed E-state index contributed by atoms with van der Waals surface area (Å²) < 4.78 is 1.24. The largest absolute Gasteiger partial charge is 0.356 e. The first-order valence-electron chi connectivity index (χ1n) is 8.05. The van der Waals surface area contributed by atoms with Crippen LogP contribution in [-0.4, -0.2) is 17.4 Å². The summed E-state index contributed by atoms with van der Waals surface area (Å²) in [5.41, 5.74) is 1.39. The van der Waals surface area contributed by atoms with Gasteiger partial charge in [-0.05, 0) is 36.8 Å². The normalized spacial score (nSPS) is 11.8. The molecule has 0 atom stereocenters. The Morgan fingerprint density at radius 2 is 2.00 bits per heavy atom. The topological polar surface area (TPSA) is 42.0 Å². The number of thiazole rings is 1. The van der Waals surface area contributed by atoms with E-state index in [1.807, 2.05) is 18.2 Å². The summed E-state index contributed by atoms with van der Waals surface area (Å²) in [5.74, 6) is 0.175. The lowest BCUT2D eigenvalue weighted by atomic mass is 9.90. The Labute approximate surface area is 137 Å². The third kappa shape index (κ3) is 5.76. The van der Waals surface area contributed by atoms with Crippen LogP contribution in [0.25, 0.3) is 10.2 Å². The Morgan fingerprint density at radius 3 is 2.73 bits per heavy atom. The van der Waals surface area contributed by atoms with Crippen molar-refractivity contribution in [3.8, 4) is 0 Å². The number of fused-ring (bicyclic) bond motifs is 1. The fraction of sp³-hybridized carbons (Fsp3) is 0.556. The van der Waals surface area contributed by atoms with Crippen molar-refractivity contribution in [1.82, 2.24) is 10.3 Å². The van der Waals surface area contributed by atoms with Crippen LogP contribution in [0.2, 0.25) is 0 Å². The molecule has 1 heterocycles. The van der Waals surface area contributed by atoms with Crippen molar-refractivity contribution in [2.45, 2.75) is 52.9 Å². The molecule has 2 rings (SSSR count). The molecular formula is C18H26N2OS. The van der Waals surface area contributed by atoms with Crippen molar-refractivity contribution in [2.24, 2.45) is 5.41 Å². The summed E-state index contributed by atoms with van der Waals surface area (Å²) in [6.07, 6.45) is 4.57. The second-order valence-electron chi connectivity index (χ2n) is 6.94. The number of carbonyl (C=O) groups excluding carboxylic acids is 1. The lowest BCUT2D eigenvalue weighted by Crippen LogP contribution is -2.24. The highest BCUT2D eigenvalue weighted by Crippen LogP contribution is 2.22. The number of carbonyl (C=O) groups is 1. The van der Waals surface area contributed by atoms with Crippen LogP contribution >= 0.6 is 11.3 Å². The highest BCUT2D eigenvalue weighted by atomic mass is 32.1. The fourth-order valence-corrected chi connectivity index (χ4v) is 3.37. The predicted molar refractivity (Wildman–Crippen MR) is 94.3 cm³/mol. The average molecular weight is 318 g/mol. The number of nitrogens with one attached hydrogen (secondary N) is 1. The molecule has 2 aromatic rings. The molecule has 1 N–H and O–H groups in total. The van der Waals surface area contributed by atoms with Crippen LogP contribution in [0, 0.1) is 5.41 Å². The summed E-state index contributed by atoms with van der Waals surface area (Å²) in [4.78, 5) is 16.4. The minimum Gasteiger partial charge on any atom is -0.356 e. The van der Waals surface area contributed by atoms with Crippen molar-refractivity contribution < 1.29 is 4.79 Å². The molecule has 22 heavy (non-hydrogen) atoms. The van der Waals surface area contributed by atoms with E-state index in [0.717, 1.165) is 42.8 Å². The van der Waals surface area contributed by atoms with E-state index in [4.69, 9.17) is 0 Å². The molecule has 4 heteroatoms. The number of para-hydroxylation sites is 1. The molecule has 0 radical (unpaired) electrons. The second kappa shape index (κ2) is 7.73. The van der Waals surface area contributed by atoms with Crippen LogP contribution in [0.5, 0.6) is 0 Å². The second-order valence-corrected chi connectivity index (χ2v) is 8.06. The average Bonchev–Trinajstić information content (AvgIpc) is 2.85. The number of nitrogens with zero attached hydrogens (tertiary/aromatic N) is 1. The zero-order valence-corrected chi connectivity index (χ0v) is 14.6. The van der Waals surface area contributed by atoms with Crippen molar-refractivity contribution in [2.75, 3.05) is 6.54 Å². The molecule has 0 aliphatic heterocycles. The Morgan fingerprint density at radius 1 is 1.23 bits per heavy atom. The van der Waals surface area contributed by atoms with Gasteiger partial charge in [0.15, 0.2) is 0 Å². The van der Waals surface area contributed by atoms with Crippen molar-refractivity contribution in [3.63, 3.8) is 0 Å². The molecular weight excluding hydrogens is 292 g/mol. The molecule has 0 spiro atoms. The molecule has 0 bridgehead atoms. The first-order chi connectivity index (χ1) is 10.4. The van der Waals surface area contributed by atoms with Crippen molar-refractivity contribution >= 4 is 27.5 Å². The van der Waals surface area contributed by atoms with Crippen LogP contribution in [0.15, 0.2) is 24.3 Å². The maximum absolute atomic E-state index is 11.8. The van der Waals surface area contributed by atoms with Gasteiger partial charge in [0, 0.05) is 19.4 Å². The zero-order valence-electron chi connectivity index (χ0n) is 13.8. The van der Waals surface area contributed by atoms with E-state index in [0.29, 0.717) is 11.8 Å². The number of hydrogen-bond acceptors (Lipinski definition) is 3. The first kappa shape index (κ1) is 16.9. The van der Waals surface area contributed by atoms with E-state index in [1.54, 1.807) is 11.3 Å². The monoisotopic (exact) mass is 318 g/mol. The zero-order chi connectivity index (χ0) is 16.0. The Kier molecular flexibility index (Phi) is 5.95. The van der Waals surface area contributed by atoms with Gasteiger partial charge < -0.3 is 5.32 Å². The van der Waals surface area contributed by atoms with E-state index >= 15 is 0 Å². The van der Waals surface area contributed by atoms with Gasteiger partial charge in [-0.2, -0.15) is 0 Å². The number of amides is 1. The summed E-state index contributed by atoms with van der Waals surface area (Å²) in [6, 6.07) is 8.21. The lowest BCUT2D eigenvalue weighted by Gasteiger charge is -2.17. The van der Waals surface area contributed by atoms with Crippen LogP contribution < -0.4 is 5.32 Å². The molecule has 0 aliphatic rings. The molecule has 1 aromatic carbocycles. The molecule has 0 aliphatic carbocycles. The van der Waals surface area contributed by atoms with Crippen LogP contribution in [0.3, 0.4) is 0 Å². The molecule has 0 saturated heterocycles. The summed E-state index contributed by atoms with van der Waals surface area (Å²) in [6.45, 7) is 7.37. The number of benzene rings is 1. The van der Waals surface area contributed by atoms with Crippen molar-refractivity contribution in [3.05, 3.63) is 29.3 Å². The van der Waals surface area contributed by atoms with Crippen LogP contribution in [-0.2, 0) is 11.2 Å². The van der Waals surface area contributed by atoms with Crippen LogP contribution in [0.4, 0.5) is 0 Å². The molecule has 3 nitrogen and oxygen atoms in total. The SMILES string of the molecule is CC(C)(C)CCCC(=O)NCCCc1nc2ccccc2s1. The Balaban J connectivity index is 1.63. The standard InChI is InChI=1S/C18H26N2OS/c1-18(2,3)12-6-10-16(21)19-13-7-11-17-20-14-8-4-5-9-15(14)22-17/h4-5,8-9H,6-7,10-13H2,1-3H3,(H,19,21). The molecule has 0 saturated carbocycles.